The van der Waals surface area contributed by atoms with Crippen molar-refractivity contribution in [3.8, 4) is 0 Å². The molecule has 2 nitrogen and oxygen atoms in total. The van der Waals surface area contributed by atoms with E-state index >= 15 is 0 Å². The van der Waals surface area contributed by atoms with Crippen molar-refractivity contribution in [2.75, 3.05) is 0 Å². The second kappa shape index (κ2) is 3.12. The van der Waals surface area contributed by atoms with Crippen molar-refractivity contribution in [1.29, 1.82) is 0 Å². The summed E-state index contributed by atoms with van der Waals surface area (Å²) in [5.74, 6) is 0. The third-order valence-corrected chi connectivity index (χ3v) is 2.81. The maximum atomic E-state index is 4.24. The third-order valence-electron chi connectivity index (χ3n) is 2.81. The summed E-state index contributed by atoms with van der Waals surface area (Å²) in [6, 6.07) is 1.95. The SMILES string of the molecule is CCC1=CC(n2cccn2)=CC1(C)C. The lowest BCUT2D eigenvalue weighted by molar-refractivity contribution is 0.570. The first-order valence-electron chi connectivity index (χ1n) is 5.07. The number of rotatable bonds is 2. The van der Waals surface area contributed by atoms with Crippen molar-refractivity contribution in [1.82, 2.24) is 9.78 Å². The lowest BCUT2D eigenvalue weighted by atomic mass is 9.86. The molecular formula is C12H16N2. The van der Waals surface area contributed by atoms with Gasteiger partial charge >= 0.3 is 0 Å². The Hall–Kier alpha value is -1.31. The summed E-state index contributed by atoms with van der Waals surface area (Å²) in [4.78, 5) is 0. The average Bonchev–Trinajstić information content (AvgIpc) is 2.70. The van der Waals surface area contributed by atoms with Crippen molar-refractivity contribution in [3.63, 3.8) is 0 Å². The van der Waals surface area contributed by atoms with Crippen molar-refractivity contribution in [2.24, 2.45) is 5.41 Å². The van der Waals surface area contributed by atoms with Crippen LogP contribution in [0.3, 0.4) is 0 Å². The van der Waals surface area contributed by atoms with Crippen molar-refractivity contribution in [3.05, 3.63) is 36.2 Å². The zero-order valence-electron chi connectivity index (χ0n) is 8.99. The Labute approximate surface area is 84.9 Å². The van der Waals surface area contributed by atoms with Gasteiger partial charge in [-0.15, -0.1) is 0 Å². The highest BCUT2D eigenvalue weighted by Crippen LogP contribution is 2.38. The van der Waals surface area contributed by atoms with Gasteiger partial charge in [-0.05, 0) is 24.6 Å². The molecular weight excluding hydrogens is 172 g/mol. The van der Waals surface area contributed by atoms with Crippen LogP contribution < -0.4 is 0 Å². The Kier molecular flexibility index (Phi) is 2.06. The van der Waals surface area contributed by atoms with Crippen LogP contribution in [0.2, 0.25) is 0 Å². The van der Waals surface area contributed by atoms with Gasteiger partial charge in [-0.25, -0.2) is 4.68 Å². The second-order valence-electron chi connectivity index (χ2n) is 4.26. The van der Waals surface area contributed by atoms with Gasteiger partial charge in [0.1, 0.15) is 0 Å². The predicted octanol–water partition coefficient (Wildman–Crippen LogP) is 3.10. The summed E-state index contributed by atoms with van der Waals surface area (Å²) in [6.45, 7) is 6.70. The van der Waals surface area contributed by atoms with Crippen molar-refractivity contribution < 1.29 is 0 Å². The molecule has 0 bridgehead atoms. The van der Waals surface area contributed by atoms with E-state index in [1.807, 2.05) is 23.1 Å². The fourth-order valence-electron chi connectivity index (χ4n) is 1.98. The van der Waals surface area contributed by atoms with E-state index < -0.39 is 0 Å². The molecule has 1 aliphatic rings. The first kappa shape index (κ1) is 9.25. The number of nitrogens with zero attached hydrogens (tertiary/aromatic N) is 2. The lowest BCUT2D eigenvalue weighted by Gasteiger charge is -2.18. The predicted molar refractivity (Wildman–Crippen MR) is 58.7 cm³/mol. The van der Waals surface area contributed by atoms with E-state index in [0.29, 0.717) is 0 Å². The molecule has 2 heteroatoms. The van der Waals surface area contributed by atoms with E-state index in [2.05, 4.69) is 38.0 Å². The van der Waals surface area contributed by atoms with Gasteiger partial charge in [0.25, 0.3) is 0 Å². The smallest absolute Gasteiger partial charge is 0.0614 e. The van der Waals surface area contributed by atoms with Gasteiger partial charge in [0.05, 0.1) is 5.70 Å². The van der Waals surface area contributed by atoms with Crippen molar-refractivity contribution >= 4 is 5.70 Å². The van der Waals surface area contributed by atoms with E-state index in [-0.39, 0.29) is 5.41 Å². The minimum absolute atomic E-state index is 0.191. The summed E-state index contributed by atoms with van der Waals surface area (Å²) in [6.07, 6.45) is 9.42. The highest BCUT2D eigenvalue weighted by molar-refractivity contribution is 5.64. The average molecular weight is 188 g/mol. The van der Waals surface area contributed by atoms with Crippen LogP contribution >= 0.6 is 0 Å². The fourth-order valence-corrected chi connectivity index (χ4v) is 1.98. The van der Waals surface area contributed by atoms with Crippen LogP contribution in [0, 0.1) is 5.41 Å². The molecule has 0 aromatic carbocycles. The molecule has 0 saturated carbocycles. The summed E-state index contributed by atoms with van der Waals surface area (Å²) in [5.41, 5.74) is 2.86. The molecule has 74 valence electrons. The number of allylic oxidation sites excluding steroid dienone is 4. The molecule has 0 N–H and O–H groups in total. The molecule has 0 fully saturated rings. The van der Waals surface area contributed by atoms with Gasteiger partial charge < -0.3 is 0 Å². The molecule has 0 amide bonds. The van der Waals surface area contributed by atoms with E-state index in [1.54, 1.807) is 0 Å². The van der Waals surface area contributed by atoms with E-state index in [9.17, 15) is 0 Å². The Balaban J connectivity index is 2.38. The van der Waals surface area contributed by atoms with Crippen LogP contribution in [0.4, 0.5) is 0 Å². The molecule has 1 aliphatic carbocycles. The van der Waals surface area contributed by atoms with Crippen LogP contribution in [0.1, 0.15) is 27.2 Å². The highest BCUT2D eigenvalue weighted by Gasteiger charge is 2.25. The Morgan fingerprint density at radius 2 is 2.21 bits per heavy atom. The molecule has 1 heterocycles. The quantitative estimate of drug-likeness (QED) is 0.697. The van der Waals surface area contributed by atoms with Crippen LogP contribution in [0.15, 0.2) is 36.2 Å². The summed E-state index contributed by atoms with van der Waals surface area (Å²) < 4.78 is 1.92. The van der Waals surface area contributed by atoms with Gasteiger partial charge in [0.2, 0.25) is 0 Å². The molecule has 0 radical (unpaired) electrons. The minimum atomic E-state index is 0.191. The van der Waals surface area contributed by atoms with Crippen LogP contribution in [-0.2, 0) is 0 Å². The van der Waals surface area contributed by atoms with E-state index in [0.717, 1.165) is 6.42 Å². The molecule has 0 atom stereocenters. The lowest BCUT2D eigenvalue weighted by Crippen LogP contribution is -2.07. The monoisotopic (exact) mass is 188 g/mol. The molecule has 0 unspecified atom stereocenters. The molecule has 0 aliphatic heterocycles. The van der Waals surface area contributed by atoms with Crippen molar-refractivity contribution in [2.45, 2.75) is 27.2 Å². The van der Waals surface area contributed by atoms with Crippen LogP contribution in [0.25, 0.3) is 5.70 Å². The summed E-state index contributed by atoms with van der Waals surface area (Å²) >= 11 is 0. The van der Waals surface area contributed by atoms with Gasteiger partial charge in [0.15, 0.2) is 0 Å². The third kappa shape index (κ3) is 1.41. The van der Waals surface area contributed by atoms with Gasteiger partial charge in [-0.2, -0.15) is 5.10 Å². The number of aromatic nitrogens is 2. The highest BCUT2D eigenvalue weighted by atomic mass is 15.3. The van der Waals surface area contributed by atoms with Crippen LogP contribution in [0.5, 0.6) is 0 Å². The standard InChI is InChI=1S/C12H16N2/c1-4-10-8-11(9-12(10,2)3)14-7-5-6-13-14/h5-9H,4H2,1-3H3. The normalized spacial score (nSPS) is 19.4. The maximum absolute atomic E-state index is 4.24. The molecule has 0 saturated heterocycles. The Morgan fingerprint density at radius 3 is 2.71 bits per heavy atom. The second-order valence-corrected chi connectivity index (χ2v) is 4.26. The molecule has 1 aromatic heterocycles. The van der Waals surface area contributed by atoms with Gasteiger partial charge in [0, 0.05) is 17.8 Å². The molecule has 14 heavy (non-hydrogen) atoms. The van der Waals surface area contributed by atoms with Gasteiger partial charge in [-0.3, -0.25) is 0 Å². The number of hydrogen-bond donors (Lipinski definition) is 0. The summed E-state index contributed by atoms with van der Waals surface area (Å²) in [5, 5.41) is 4.24. The fraction of sp³-hybridized carbons (Fsp3) is 0.417. The zero-order valence-corrected chi connectivity index (χ0v) is 8.99. The van der Waals surface area contributed by atoms with Gasteiger partial charge in [-0.1, -0.05) is 26.3 Å². The van der Waals surface area contributed by atoms with E-state index in [1.165, 1.54) is 11.3 Å². The molecule has 1 aromatic rings. The maximum Gasteiger partial charge on any atom is 0.0614 e. The molecule has 2 rings (SSSR count). The Bertz CT molecular complexity index is 380. The molecule has 0 spiro atoms. The number of hydrogen-bond acceptors (Lipinski definition) is 1. The van der Waals surface area contributed by atoms with Crippen LogP contribution in [-0.4, -0.2) is 9.78 Å². The topological polar surface area (TPSA) is 17.8 Å². The minimum Gasteiger partial charge on any atom is -0.241 e. The largest absolute Gasteiger partial charge is 0.241 e. The first-order chi connectivity index (χ1) is 6.63. The zero-order chi connectivity index (χ0) is 10.2. The summed E-state index contributed by atoms with van der Waals surface area (Å²) in [7, 11) is 0. The first-order valence-corrected chi connectivity index (χ1v) is 5.07. The Morgan fingerprint density at radius 1 is 1.43 bits per heavy atom. The van der Waals surface area contributed by atoms with E-state index in [4.69, 9.17) is 0 Å².